The summed E-state index contributed by atoms with van der Waals surface area (Å²) in [7, 11) is 0. The van der Waals surface area contributed by atoms with Crippen LogP contribution in [0, 0.1) is 0 Å². The molecular formula is C17H24N2O2. The van der Waals surface area contributed by atoms with E-state index in [9.17, 15) is 4.79 Å². The van der Waals surface area contributed by atoms with Crippen LogP contribution in [0.4, 0.5) is 4.79 Å². The smallest absolute Gasteiger partial charge is 0.407 e. The molecule has 0 aliphatic heterocycles. The highest BCUT2D eigenvalue weighted by Gasteiger charge is 2.32. The lowest BCUT2D eigenvalue weighted by atomic mass is 9.86. The fourth-order valence-corrected chi connectivity index (χ4v) is 3.23. The SMILES string of the molecule is O=C(NC1CC(NC2CCCC2)C1)OCc1ccccc1. The first-order chi connectivity index (χ1) is 10.3. The molecule has 0 radical (unpaired) electrons. The van der Waals surface area contributed by atoms with Crippen molar-refractivity contribution in [2.75, 3.05) is 0 Å². The number of rotatable bonds is 5. The van der Waals surface area contributed by atoms with E-state index in [1.54, 1.807) is 0 Å². The van der Waals surface area contributed by atoms with Crippen LogP contribution in [0.3, 0.4) is 0 Å². The van der Waals surface area contributed by atoms with Crippen molar-refractivity contribution >= 4 is 6.09 Å². The van der Waals surface area contributed by atoms with Crippen LogP contribution in [0.5, 0.6) is 0 Å². The Balaban J connectivity index is 1.30. The van der Waals surface area contributed by atoms with Gasteiger partial charge in [-0.05, 0) is 31.2 Å². The van der Waals surface area contributed by atoms with E-state index in [0.29, 0.717) is 18.7 Å². The molecule has 4 heteroatoms. The molecule has 0 atom stereocenters. The Morgan fingerprint density at radius 2 is 1.76 bits per heavy atom. The number of carbonyl (C=O) groups is 1. The van der Waals surface area contributed by atoms with Crippen LogP contribution < -0.4 is 10.6 Å². The average molecular weight is 288 g/mol. The first-order valence-electron chi connectivity index (χ1n) is 8.03. The molecule has 0 heterocycles. The normalized spacial score (nSPS) is 25.3. The Morgan fingerprint density at radius 1 is 1.05 bits per heavy atom. The maximum atomic E-state index is 11.7. The van der Waals surface area contributed by atoms with E-state index in [4.69, 9.17) is 4.74 Å². The summed E-state index contributed by atoms with van der Waals surface area (Å²) < 4.78 is 5.23. The molecule has 3 rings (SSSR count). The third-order valence-corrected chi connectivity index (χ3v) is 4.50. The Morgan fingerprint density at radius 3 is 2.48 bits per heavy atom. The molecular weight excluding hydrogens is 264 g/mol. The van der Waals surface area contributed by atoms with Crippen molar-refractivity contribution in [2.24, 2.45) is 0 Å². The molecule has 2 aliphatic carbocycles. The zero-order chi connectivity index (χ0) is 14.5. The predicted molar refractivity (Wildman–Crippen MR) is 82.0 cm³/mol. The van der Waals surface area contributed by atoms with Gasteiger partial charge in [0.2, 0.25) is 0 Å². The zero-order valence-corrected chi connectivity index (χ0v) is 12.4. The van der Waals surface area contributed by atoms with Crippen LogP contribution in [-0.4, -0.2) is 24.2 Å². The summed E-state index contributed by atoms with van der Waals surface area (Å²) in [4.78, 5) is 11.7. The number of hydrogen-bond acceptors (Lipinski definition) is 3. The minimum Gasteiger partial charge on any atom is -0.445 e. The monoisotopic (exact) mass is 288 g/mol. The standard InChI is InChI=1S/C17H24N2O2/c20-17(21-12-13-6-2-1-3-7-13)19-16-10-15(11-16)18-14-8-4-5-9-14/h1-3,6-7,14-16,18H,4-5,8-12H2,(H,19,20). The summed E-state index contributed by atoms with van der Waals surface area (Å²) in [5.74, 6) is 0. The van der Waals surface area contributed by atoms with E-state index >= 15 is 0 Å². The van der Waals surface area contributed by atoms with Crippen molar-refractivity contribution in [1.29, 1.82) is 0 Å². The maximum absolute atomic E-state index is 11.7. The molecule has 0 spiro atoms. The van der Waals surface area contributed by atoms with Crippen LogP contribution >= 0.6 is 0 Å². The lowest BCUT2D eigenvalue weighted by Gasteiger charge is -2.37. The minimum absolute atomic E-state index is 0.271. The highest BCUT2D eigenvalue weighted by atomic mass is 16.5. The first kappa shape index (κ1) is 14.4. The van der Waals surface area contributed by atoms with Crippen LogP contribution in [0.2, 0.25) is 0 Å². The second kappa shape index (κ2) is 6.94. The number of amides is 1. The summed E-state index contributed by atoms with van der Waals surface area (Å²) in [5.41, 5.74) is 1.02. The Labute approximate surface area is 126 Å². The van der Waals surface area contributed by atoms with Crippen molar-refractivity contribution in [3.63, 3.8) is 0 Å². The van der Waals surface area contributed by atoms with E-state index in [-0.39, 0.29) is 12.1 Å². The summed E-state index contributed by atoms with van der Waals surface area (Å²) in [6.45, 7) is 0.336. The third kappa shape index (κ3) is 4.21. The van der Waals surface area contributed by atoms with Gasteiger partial charge in [0.05, 0.1) is 0 Å². The number of benzene rings is 1. The van der Waals surface area contributed by atoms with Crippen molar-refractivity contribution < 1.29 is 9.53 Å². The second-order valence-electron chi connectivity index (χ2n) is 6.22. The fraction of sp³-hybridized carbons (Fsp3) is 0.588. The van der Waals surface area contributed by atoms with Crippen molar-refractivity contribution in [1.82, 2.24) is 10.6 Å². The van der Waals surface area contributed by atoms with Crippen LogP contribution in [-0.2, 0) is 11.3 Å². The lowest BCUT2D eigenvalue weighted by molar-refractivity contribution is 0.124. The summed E-state index contributed by atoms with van der Waals surface area (Å²) >= 11 is 0. The maximum Gasteiger partial charge on any atom is 0.407 e. The van der Waals surface area contributed by atoms with E-state index in [0.717, 1.165) is 18.4 Å². The minimum atomic E-state index is -0.303. The molecule has 2 N–H and O–H groups in total. The molecule has 1 amide bonds. The van der Waals surface area contributed by atoms with Gasteiger partial charge >= 0.3 is 6.09 Å². The van der Waals surface area contributed by atoms with Gasteiger partial charge in [-0.2, -0.15) is 0 Å². The summed E-state index contributed by atoms with van der Waals surface area (Å²) in [5, 5.41) is 6.62. The van der Waals surface area contributed by atoms with Gasteiger partial charge in [0.15, 0.2) is 0 Å². The number of ether oxygens (including phenoxy) is 1. The van der Waals surface area contributed by atoms with E-state index in [1.165, 1.54) is 25.7 Å². The highest BCUT2D eigenvalue weighted by Crippen LogP contribution is 2.25. The van der Waals surface area contributed by atoms with E-state index in [2.05, 4.69) is 10.6 Å². The average Bonchev–Trinajstić information content (AvgIpc) is 2.97. The fourth-order valence-electron chi connectivity index (χ4n) is 3.23. The molecule has 2 saturated carbocycles. The molecule has 1 aromatic carbocycles. The Hall–Kier alpha value is -1.55. The number of alkyl carbamates (subject to hydrolysis) is 1. The van der Waals surface area contributed by atoms with Gasteiger partial charge < -0.3 is 15.4 Å². The first-order valence-corrected chi connectivity index (χ1v) is 8.03. The number of nitrogens with one attached hydrogen (secondary N) is 2. The van der Waals surface area contributed by atoms with Crippen molar-refractivity contribution in [3.8, 4) is 0 Å². The Kier molecular flexibility index (Phi) is 4.76. The van der Waals surface area contributed by atoms with Gasteiger partial charge in [-0.15, -0.1) is 0 Å². The largest absolute Gasteiger partial charge is 0.445 e. The number of carbonyl (C=O) groups excluding carboxylic acids is 1. The molecule has 114 valence electrons. The lowest BCUT2D eigenvalue weighted by Crippen LogP contribution is -2.54. The number of hydrogen-bond donors (Lipinski definition) is 2. The van der Waals surface area contributed by atoms with Gasteiger partial charge in [0.25, 0.3) is 0 Å². The second-order valence-corrected chi connectivity index (χ2v) is 6.22. The quantitative estimate of drug-likeness (QED) is 0.876. The van der Waals surface area contributed by atoms with Crippen LogP contribution in [0.25, 0.3) is 0 Å². The molecule has 0 aromatic heterocycles. The van der Waals surface area contributed by atoms with Gasteiger partial charge in [0.1, 0.15) is 6.61 Å². The molecule has 21 heavy (non-hydrogen) atoms. The zero-order valence-electron chi connectivity index (χ0n) is 12.4. The summed E-state index contributed by atoms with van der Waals surface area (Å²) in [6, 6.07) is 11.3. The molecule has 2 aliphatic rings. The topological polar surface area (TPSA) is 50.4 Å². The van der Waals surface area contributed by atoms with Crippen LogP contribution in [0.15, 0.2) is 30.3 Å². The molecule has 0 bridgehead atoms. The van der Waals surface area contributed by atoms with Crippen molar-refractivity contribution in [3.05, 3.63) is 35.9 Å². The highest BCUT2D eigenvalue weighted by molar-refractivity contribution is 5.67. The predicted octanol–water partition coefficient (Wildman–Crippen LogP) is 2.98. The van der Waals surface area contributed by atoms with Gasteiger partial charge in [-0.3, -0.25) is 0 Å². The molecule has 4 nitrogen and oxygen atoms in total. The van der Waals surface area contributed by atoms with Crippen molar-refractivity contribution in [2.45, 2.75) is 63.3 Å². The third-order valence-electron chi connectivity index (χ3n) is 4.50. The molecule has 1 aromatic rings. The molecule has 2 fully saturated rings. The molecule has 0 saturated heterocycles. The van der Waals surface area contributed by atoms with Gasteiger partial charge in [0, 0.05) is 18.1 Å². The van der Waals surface area contributed by atoms with Gasteiger partial charge in [-0.25, -0.2) is 4.79 Å². The van der Waals surface area contributed by atoms with Crippen LogP contribution in [0.1, 0.15) is 44.1 Å². The Bertz CT molecular complexity index is 451. The summed E-state index contributed by atoms with van der Waals surface area (Å²) in [6.07, 6.45) is 7.09. The van der Waals surface area contributed by atoms with E-state index in [1.807, 2.05) is 30.3 Å². The van der Waals surface area contributed by atoms with E-state index < -0.39 is 0 Å². The molecule has 0 unspecified atom stereocenters. The van der Waals surface area contributed by atoms with Gasteiger partial charge in [-0.1, -0.05) is 43.2 Å².